The summed E-state index contributed by atoms with van der Waals surface area (Å²) < 4.78 is 0. The first kappa shape index (κ1) is 16.7. The highest BCUT2D eigenvalue weighted by Crippen LogP contribution is 2.28. The van der Waals surface area contributed by atoms with Crippen LogP contribution in [0.4, 0.5) is 0 Å². The first-order chi connectivity index (χ1) is 10.2. The van der Waals surface area contributed by atoms with Crippen molar-refractivity contribution in [3.05, 3.63) is 34.9 Å². The third-order valence-corrected chi connectivity index (χ3v) is 4.71. The van der Waals surface area contributed by atoms with Crippen LogP contribution in [0.3, 0.4) is 0 Å². The summed E-state index contributed by atoms with van der Waals surface area (Å²) >= 11 is 7.78. The van der Waals surface area contributed by atoms with Crippen molar-refractivity contribution in [3.8, 4) is 0 Å². The molecule has 2 atom stereocenters. The van der Waals surface area contributed by atoms with Crippen LogP contribution in [0.15, 0.2) is 24.3 Å². The number of carbonyl (C=O) groups is 1. The summed E-state index contributed by atoms with van der Waals surface area (Å²) in [4.78, 5) is 14.6. The monoisotopic (exact) mass is 326 g/mol. The lowest BCUT2D eigenvalue weighted by molar-refractivity contribution is -0.130. The Kier molecular flexibility index (Phi) is 6.40. The maximum atomic E-state index is 12.6. The van der Waals surface area contributed by atoms with Crippen molar-refractivity contribution in [2.45, 2.75) is 38.4 Å². The van der Waals surface area contributed by atoms with Gasteiger partial charge in [0.1, 0.15) is 6.17 Å². The zero-order valence-electron chi connectivity index (χ0n) is 12.6. The summed E-state index contributed by atoms with van der Waals surface area (Å²) in [6, 6.07) is 7.73. The van der Waals surface area contributed by atoms with Crippen molar-refractivity contribution in [2.75, 3.05) is 18.6 Å². The van der Waals surface area contributed by atoms with Gasteiger partial charge in [0, 0.05) is 11.6 Å². The van der Waals surface area contributed by atoms with E-state index in [1.165, 1.54) is 0 Å². The standard InChI is InChI=1S/C16H23ClN2OS/c1-3-5-14-16(20)19(10-4-11-21-2)15(18-14)12-6-8-13(17)9-7-12/h6-9,14-15,18H,3-5,10-11H2,1-2H3. The highest BCUT2D eigenvalue weighted by molar-refractivity contribution is 7.98. The molecule has 1 saturated heterocycles. The van der Waals surface area contributed by atoms with Crippen LogP contribution in [0.5, 0.6) is 0 Å². The third kappa shape index (κ3) is 4.15. The molecule has 1 aliphatic heterocycles. The van der Waals surface area contributed by atoms with Gasteiger partial charge in [-0.15, -0.1) is 0 Å². The van der Waals surface area contributed by atoms with Crippen LogP contribution in [0.25, 0.3) is 0 Å². The molecular formula is C16H23ClN2OS. The highest BCUT2D eigenvalue weighted by Gasteiger charge is 2.38. The lowest BCUT2D eigenvalue weighted by atomic mass is 10.1. The zero-order valence-corrected chi connectivity index (χ0v) is 14.2. The molecule has 116 valence electrons. The van der Waals surface area contributed by atoms with Crippen molar-refractivity contribution < 1.29 is 4.79 Å². The fraction of sp³-hybridized carbons (Fsp3) is 0.562. The van der Waals surface area contributed by atoms with E-state index >= 15 is 0 Å². The van der Waals surface area contributed by atoms with E-state index in [1.54, 1.807) is 0 Å². The van der Waals surface area contributed by atoms with Crippen LogP contribution in [0.1, 0.15) is 37.9 Å². The SMILES string of the molecule is CCCC1NC(c2ccc(Cl)cc2)N(CCCSC)C1=O. The van der Waals surface area contributed by atoms with E-state index < -0.39 is 0 Å². The summed E-state index contributed by atoms with van der Waals surface area (Å²) in [5.41, 5.74) is 1.11. The number of halogens is 1. The van der Waals surface area contributed by atoms with Crippen LogP contribution < -0.4 is 5.32 Å². The quantitative estimate of drug-likeness (QED) is 0.776. The number of nitrogens with zero attached hydrogens (tertiary/aromatic N) is 1. The van der Waals surface area contributed by atoms with Gasteiger partial charge < -0.3 is 4.90 Å². The Morgan fingerprint density at radius 2 is 2.05 bits per heavy atom. The predicted octanol–water partition coefficient (Wildman–Crippen LogP) is 3.69. The molecule has 1 aromatic carbocycles. The molecule has 1 aromatic rings. The molecule has 0 aromatic heterocycles. The fourth-order valence-corrected chi connectivity index (χ4v) is 3.26. The van der Waals surface area contributed by atoms with Gasteiger partial charge in [-0.25, -0.2) is 0 Å². The Hall–Kier alpha value is -0.710. The number of carbonyl (C=O) groups excluding carboxylic acids is 1. The average Bonchev–Trinajstić information content (AvgIpc) is 2.78. The smallest absolute Gasteiger partial charge is 0.241 e. The number of rotatable bonds is 7. The van der Waals surface area contributed by atoms with Gasteiger partial charge in [0.15, 0.2) is 0 Å². The molecule has 1 heterocycles. The topological polar surface area (TPSA) is 32.3 Å². The molecule has 2 rings (SSSR count). The van der Waals surface area contributed by atoms with E-state index in [2.05, 4.69) is 18.5 Å². The summed E-state index contributed by atoms with van der Waals surface area (Å²) in [6.45, 7) is 2.92. The van der Waals surface area contributed by atoms with E-state index in [0.717, 1.165) is 42.1 Å². The molecule has 0 saturated carbocycles. The van der Waals surface area contributed by atoms with E-state index in [-0.39, 0.29) is 18.1 Å². The second-order valence-corrected chi connectivity index (χ2v) is 6.76. The average molecular weight is 327 g/mol. The van der Waals surface area contributed by atoms with Gasteiger partial charge >= 0.3 is 0 Å². The Bertz CT molecular complexity index is 466. The Labute approximate surface area is 136 Å². The molecule has 5 heteroatoms. The third-order valence-electron chi connectivity index (χ3n) is 3.76. The second kappa shape index (κ2) is 8.06. The fourth-order valence-electron chi connectivity index (χ4n) is 2.71. The lowest BCUT2D eigenvalue weighted by Crippen LogP contribution is -2.32. The Morgan fingerprint density at radius 3 is 2.67 bits per heavy atom. The molecule has 0 bridgehead atoms. The molecule has 1 fully saturated rings. The van der Waals surface area contributed by atoms with E-state index in [4.69, 9.17) is 11.6 Å². The van der Waals surface area contributed by atoms with Gasteiger partial charge in [-0.2, -0.15) is 11.8 Å². The van der Waals surface area contributed by atoms with Gasteiger partial charge in [0.05, 0.1) is 6.04 Å². The van der Waals surface area contributed by atoms with Crippen LogP contribution >= 0.6 is 23.4 Å². The van der Waals surface area contributed by atoms with E-state index in [9.17, 15) is 4.79 Å². The Morgan fingerprint density at radius 1 is 1.33 bits per heavy atom. The van der Waals surface area contributed by atoms with Gasteiger partial charge in [0.25, 0.3) is 0 Å². The molecule has 1 aliphatic rings. The number of benzene rings is 1. The van der Waals surface area contributed by atoms with Crippen LogP contribution in [-0.2, 0) is 4.79 Å². The van der Waals surface area contributed by atoms with Gasteiger partial charge in [-0.05, 0) is 42.5 Å². The maximum absolute atomic E-state index is 12.6. The normalized spacial score (nSPS) is 22.0. The van der Waals surface area contributed by atoms with E-state index in [1.807, 2.05) is 40.9 Å². The molecule has 3 nitrogen and oxygen atoms in total. The zero-order chi connectivity index (χ0) is 15.2. The molecule has 0 radical (unpaired) electrons. The number of thioether (sulfide) groups is 1. The van der Waals surface area contributed by atoms with Gasteiger partial charge in [-0.1, -0.05) is 37.1 Å². The minimum atomic E-state index is -0.0510. The maximum Gasteiger partial charge on any atom is 0.241 e. The molecule has 2 unspecified atom stereocenters. The van der Waals surface area contributed by atoms with Gasteiger partial charge in [-0.3, -0.25) is 10.1 Å². The number of amides is 1. The minimum absolute atomic E-state index is 0.0202. The number of hydrogen-bond acceptors (Lipinski definition) is 3. The molecule has 1 amide bonds. The number of hydrogen-bond donors (Lipinski definition) is 1. The van der Waals surface area contributed by atoms with Crippen molar-refractivity contribution in [2.24, 2.45) is 0 Å². The highest BCUT2D eigenvalue weighted by atomic mass is 35.5. The molecule has 0 aliphatic carbocycles. The van der Waals surface area contributed by atoms with Crippen molar-refractivity contribution >= 4 is 29.3 Å². The summed E-state index contributed by atoms with van der Waals surface area (Å²) in [5, 5.41) is 4.21. The second-order valence-electron chi connectivity index (χ2n) is 5.34. The Balaban J connectivity index is 2.14. The molecule has 21 heavy (non-hydrogen) atoms. The summed E-state index contributed by atoms with van der Waals surface area (Å²) in [6.07, 6.45) is 5.00. The van der Waals surface area contributed by atoms with Crippen molar-refractivity contribution in [3.63, 3.8) is 0 Å². The molecular weight excluding hydrogens is 304 g/mol. The largest absolute Gasteiger partial charge is 0.322 e. The predicted molar refractivity (Wildman–Crippen MR) is 90.7 cm³/mol. The van der Waals surface area contributed by atoms with Crippen LogP contribution in [0, 0.1) is 0 Å². The van der Waals surface area contributed by atoms with Crippen LogP contribution in [0.2, 0.25) is 5.02 Å². The van der Waals surface area contributed by atoms with Crippen LogP contribution in [-0.4, -0.2) is 35.4 Å². The minimum Gasteiger partial charge on any atom is -0.322 e. The summed E-state index contributed by atoms with van der Waals surface area (Å²) in [7, 11) is 0. The number of nitrogens with one attached hydrogen (secondary N) is 1. The first-order valence-electron chi connectivity index (χ1n) is 7.48. The molecule has 0 spiro atoms. The van der Waals surface area contributed by atoms with E-state index in [0.29, 0.717) is 0 Å². The van der Waals surface area contributed by atoms with Gasteiger partial charge in [0.2, 0.25) is 5.91 Å². The van der Waals surface area contributed by atoms with Crippen molar-refractivity contribution in [1.29, 1.82) is 0 Å². The summed E-state index contributed by atoms with van der Waals surface area (Å²) in [5.74, 6) is 1.31. The first-order valence-corrected chi connectivity index (χ1v) is 9.25. The van der Waals surface area contributed by atoms with Crippen molar-refractivity contribution in [1.82, 2.24) is 10.2 Å². The molecule has 1 N–H and O–H groups in total. The lowest BCUT2D eigenvalue weighted by Gasteiger charge is -2.24.